The van der Waals surface area contributed by atoms with Crippen molar-refractivity contribution in [3.63, 3.8) is 0 Å². The van der Waals surface area contributed by atoms with Crippen LogP contribution in [0.3, 0.4) is 0 Å². The molecule has 1 N–H and O–H groups in total. The van der Waals surface area contributed by atoms with Gasteiger partial charge in [0.2, 0.25) is 0 Å². The molecular weight excluding hydrogens is 376 g/mol. The zero-order valence-corrected chi connectivity index (χ0v) is 18.2. The number of fused-ring (bicyclic) bond motifs is 1. The Labute approximate surface area is 177 Å². The molecule has 0 saturated carbocycles. The van der Waals surface area contributed by atoms with Crippen molar-refractivity contribution in [1.29, 1.82) is 0 Å². The Morgan fingerprint density at radius 1 is 1.07 bits per heavy atom. The van der Waals surface area contributed by atoms with E-state index in [4.69, 9.17) is 0 Å². The second-order valence-corrected chi connectivity index (χ2v) is 8.79. The summed E-state index contributed by atoms with van der Waals surface area (Å²) in [4.78, 5) is 18.1. The number of rotatable bonds is 4. The molecule has 2 amide bonds. The molecule has 1 aliphatic rings. The van der Waals surface area contributed by atoms with Gasteiger partial charge in [-0.25, -0.2) is 4.79 Å². The fraction of sp³-hybridized carbons (Fsp3) is 0.320. The Hall–Kier alpha value is -2.59. The maximum Gasteiger partial charge on any atom is 0.322 e. The summed E-state index contributed by atoms with van der Waals surface area (Å²) < 4.78 is 0. The molecule has 0 aliphatic carbocycles. The summed E-state index contributed by atoms with van der Waals surface area (Å²) in [7, 11) is 0. The van der Waals surface area contributed by atoms with Crippen molar-refractivity contribution in [1.82, 2.24) is 4.90 Å². The molecule has 0 unspecified atom stereocenters. The van der Waals surface area contributed by atoms with Gasteiger partial charge in [0.1, 0.15) is 0 Å². The molecule has 29 heavy (non-hydrogen) atoms. The summed E-state index contributed by atoms with van der Waals surface area (Å²) in [5, 5.41) is 3.19. The van der Waals surface area contributed by atoms with Gasteiger partial charge < -0.3 is 10.2 Å². The molecule has 0 bridgehead atoms. The lowest BCUT2D eigenvalue weighted by atomic mass is 9.92. The molecule has 0 saturated heterocycles. The fourth-order valence-corrected chi connectivity index (χ4v) is 5.88. The number of aryl methyl sites for hydroxylation is 2. The fourth-order valence-electron chi connectivity index (χ4n) is 4.43. The van der Waals surface area contributed by atoms with Crippen molar-refractivity contribution in [2.75, 3.05) is 11.9 Å². The quantitative estimate of drug-likeness (QED) is 0.539. The summed E-state index contributed by atoms with van der Waals surface area (Å²) in [6, 6.07) is 18.5. The second-order valence-electron chi connectivity index (χ2n) is 7.53. The van der Waals surface area contributed by atoms with E-state index in [1.54, 1.807) is 0 Å². The predicted octanol–water partition coefficient (Wildman–Crippen LogP) is 6.36. The number of amides is 2. The van der Waals surface area contributed by atoms with E-state index in [0.717, 1.165) is 37.1 Å². The predicted molar refractivity (Wildman–Crippen MR) is 122 cm³/mol. The van der Waals surface area contributed by atoms with E-state index < -0.39 is 0 Å². The minimum Gasteiger partial charge on any atom is -0.312 e. The highest BCUT2D eigenvalue weighted by Crippen LogP contribution is 2.43. The van der Waals surface area contributed by atoms with Gasteiger partial charge in [-0.3, -0.25) is 0 Å². The molecule has 2 aromatic carbocycles. The van der Waals surface area contributed by atoms with Crippen LogP contribution in [0.25, 0.3) is 0 Å². The minimum absolute atomic E-state index is 0.0190. The monoisotopic (exact) mass is 404 g/mol. The number of thiophene rings is 1. The number of nitrogens with zero attached hydrogens (tertiary/aromatic N) is 1. The first-order valence-corrected chi connectivity index (χ1v) is 11.3. The molecule has 4 heteroatoms. The lowest BCUT2D eigenvalue weighted by molar-refractivity contribution is 0.195. The van der Waals surface area contributed by atoms with E-state index in [1.807, 2.05) is 40.5 Å². The normalized spacial score (nSPS) is 15.8. The van der Waals surface area contributed by atoms with Crippen LogP contribution in [-0.2, 0) is 19.3 Å². The first-order chi connectivity index (χ1) is 14.1. The third kappa shape index (κ3) is 3.69. The first kappa shape index (κ1) is 19.7. The van der Waals surface area contributed by atoms with Crippen LogP contribution in [0, 0.1) is 6.92 Å². The van der Waals surface area contributed by atoms with Gasteiger partial charge in [-0.05, 0) is 54.5 Å². The summed E-state index contributed by atoms with van der Waals surface area (Å²) in [6.45, 7) is 7.29. The van der Waals surface area contributed by atoms with Gasteiger partial charge in [0.15, 0.2) is 0 Å². The van der Waals surface area contributed by atoms with E-state index in [1.165, 1.54) is 26.4 Å². The Bertz CT molecular complexity index is 1010. The molecule has 0 fully saturated rings. The Morgan fingerprint density at radius 2 is 1.79 bits per heavy atom. The van der Waals surface area contributed by atoms with Gasteiger partial charge in [-0.2, -0.15) is 0 Å². The number of carbonyl (C=O) groups excluding carboxylic acids is 1. The molecule has 2 heterocycles. The molecule has 1 aliphatic heterocycles. The summed E-state index contributed by atoms with van der Waals surface area (Å²) in [5.41, 5.74) is 6.18. The standard InChI is InChI=1S/C25H28N2OS/c1-4-18-11-9-10-14-22(18)26-25(28)27-16-15-21-20(5-2)17(3)29-24(21)23(27)19-12-7-6-8-13-19/h6-14,23H,4-5,15-16H2,1-3H3,(H,26,28)/t23-/m1/s1. The van der Waals surface area contributed by atoms with Crippen LogP contribution in [0.5, 0.6) is 0 Å². The average Bonchev–Trinajstić information content (AvgIpc) is 3.08. The number of anilines is 1. The number of benzene rings is 2. The number of hydrogen-bond donors (Lipinski definition) is 1. The van der Waals surface area contributed by atoms with Crippen LogP contribution in [-0.4, -0.2) is 17.5 Å². The molecule has 4 rings (SSSR count). The smallest absolute Gasteiger partial charge is 0.312 e. The number of carbonyl (C=O) groups is 1. The van der Waals surface area contributed by atoms with Crippen LogP contribution in [0.4, 0.5) is 10.5 Å². The van der Waals surface area contributed by atoms with Crippen molar-refractivity contribution < 1.29 is 4.79 Å². The maximum absolute atomic E-state index is 13.4. The topological polar surface area (TPSA) is 32.3 Å². The van der Waals surface area contributed by atoms with Gasteiger partial charge in [0.05, 0.1) is 6.04 Å². The lowest BCUT2D eigenvalue weighted by Gasteiger charge is -2.36. The zero-order valence-electron chi connectivity index (χ0n) is 17.4. The van der Waals surface area contributed by atoms with E-state index >= 15 is 0 Å². The Morgan fingerprint density at radius 3 is 2.52 bits per heavy atom. The van der Waals surface area contributed by atoms with Crippen LogP contribution >= 0.6 is 11.3 Å². The van der Waals surface area contributed by atoms with Crippen molar-refractivity contribution in [2.24, 2.45) is 0 Å². The number of hydrogen-bond acceptors (Lipinski definition) is 2. The Kier molecular flexibility index (Phi) is 5.72. The SMILES string of the molecule is CCc1ccccc1NC(=O)N1CCc2c(sc(C)c2CC)[C@H]1c1ccccc1. The van der Waals surface area contributed by atoms with Crippen molar-refractivity contribution in [3.8, 4) is 0 Å². The summed E-state index contributed by atoms with van der Waals surface area (Å²) in [6.07, 6.45) is 2.87. The van der Waals surface area contributed by atoms with Crippen molar-refractivity contribution in [2.45, 2.75) is 46.1 Å². The molecule has 1 aromatic heterocycles. The molecule has 150 valence electrons. The molecule has 1 atom stereocenters. The van der Waals surface area contributed by atoms with E-state index in [0.29, 0.717) is 0 Å². The molecule has 0 spiro atoms. The van der Waals surface area contributed by atoms with Crippen LogP contribution < -0.4 is 5.32 Å². The second kappa shape index (κ2) is 8.42. The van der Waals surface area contributed by atoms with Crippen LogP contribution in [0.15, 0.2) is 54.6 Å². The lowest BCUT2D eigenvalue weighted by Crippen LogP contribution is -2.42. The number of nitrogens with one attached hydrogen (secondary N) is 1. The third-order valence-electron chi connectivity index (χ3n) is 5.88. The zero-order chi connectivity index (χ0) is 20.4. The van der Waals surface area contributed by atoms with Gasteiger partial charge in [-0.15, -0.1) is 11.3 Å². The van der Waals surface area contributed by atoms with Crippen molar-refractivity contribution in [3.05, 3.63) is 86.6 Å². The highest BCUT2D eigenvalue weighted by molar-refractivity contribution is 7.12. The maximum atomic E-state index is 13.4. The van der Waals surface area contributed by atoms with Crippen LogP contribution in [0.2, 0.25) is 0 Å². The van der Waals surface area contributed by atoms with Gasteiger partial charge in [-0.1, -0.05) is 62.4 Å². The summed E-state index contributed by atoms with van der Waals surface area (Å²) >= 11 is 1.86. The molecule has 0 radical (unpaired) electrons. The van der Waals surface area contributed by atoms with Crippen LogP contribution in [0.1, 0.15) is 51.9 Å². The third-order valence-corrected chi connectivity index (χ3v) is 7.12. The molecule has 3 nitrogen and oxygen atoms in total. The van der Waals surface area contributed by atoms with Crippen molar-refractivity contribution >= 4 is 23.1 Å². The number of para-hydroxylation sites is 1. The number of urea groups is 1. The minimum atomic E-state index is -0.0299. The van der Waals surface area contributed by atoms with E-state index in [-0.39, 0.29) is 12.1 Å². The van der Waals surface area contributed by atoms with E-state index in [2.05, 4.69) is 56.4 Å². The average molecular weight is 405 g/mol. The van der Waals surface area contributed by atoms with E-state index in [9.17, 15) is 4.79 Å². The van der Waals surface area contributed by atoms with Gasteiger partial charge >= 0.3 is 6.03 Å². The highest BCUT2D eigenvalue weighted by Gasteiger charge is 2.35. The largest absolute Gasteiger partial charge is 0.322 e. The first-order valence-electron chi connectivity index (χ1n) is 10.5. The highest BCUT2D eigenvalue weighted by atomic mass is 32.1. The van der Waals surface area contributed by atoms with Gasteiger partial charge in [0, 0.05) is 22.0 Å². The van der Waals surface area contributed by atoms with Gasteiger partial charge in [0.25, 0.3) is 0 Å². The molecule has 3 aromatic rings. The summed E-state index contributed by atoms with van der Waals surface area (Å²) in [5.74, 6) is 0. The Balaban J connectivity index is 1.73. The molecular formula is C25H28N2OS.